The fourth-order valence-corrected chi connectivity index (χ4v) is 2.41. The molecule has 1 aliphatic heterocycles. The van der Waals surface area contributed by atoms with Crippen molar-refractivity contribution in [3.8, 4) is 0 Å². The minimum atomic E-state index is -0.0108. The monoisotopic (exact) mass is 275 g/mol. The fraction of sp³-hybridized carbons (Fsp3) is 0.286. The molecular weight excluding hydrogens is 262 g/mol. The molecule has 4 nitrogen and oxygen atoms in total. The van der Waals surface area contributed by atoms with Gasteiger partial charge in [0.05, 0.1) is 5.52 Å². The molecule has 1 N–H and O–H groups in total. The number of pyridine rings is 1. The summed E-state index contributed by atoms with van der Waals surface area (Å²) in [6.07, 6.45) is 0. The molecule has 0 spiro atoms. The Morgan fingerprint density at radius 2 is 1.95 bits per heavy atom. The number of amides is 1. The summed E-state index contributed by atoms with van der Waals surface area (Å²) in [5.41, 5.74) is 1.24. The molecular formula is C14H14ClN3O. The molecule has 1 aromatic carbocycles. The minimum Gasteiger partial charge on any atom is -0.335 e. The second-order valence-electron chi connectivity index (χ2n) is 4.58. The van der Waals surface area contributed by atoms with Crippen molar-refractivity contribution in [3.63, 3.8) is 0 Å². The summed E-state index contributed by atoms with van der Waals surface area (Å²) < 4.78 is 0. The Bertz CT molecular complexity index is 623. The average Bonchev–Trinajstić information content (AvgIpc) is 2.46. The SMILES string of the molecule is O=C(c1ccc2ccc(Cl)cc2n1)N1CCNCC1. The summed E-state index contributed by atoms with van der Waals surface area (Å²) in [6.45, 7) is 3.14. The Kier molecular flexibility index (Phi) is 3.36. The highest BCUT2D eigenvalue weighted by molar-refractivity contribution is 6.31. The molecule has 0 aliphatic carbocycles. The maximum Gasteiger partial charge on any atom is 0.272 e. The Morgan fingerprint density at radius 3 is 2.74 bits per heavy atom. The van der Waals surface area contributed by atoms with Crippen molar-refractivity contribution < 1.29 is 4.79 Å². The van der Waals surface area contributed by atoms with Gasteiger partial charge in [-0.15, -0.1) is 0 Å². The number of nitrogens with one attached hydrogen (secondary N) is 1. The molecule has 0 bridgehead atoms. The number of hydrogen-bond donors (Lipinski definition) is 1. The molecule has 0 unspecified atom stereocenters. The Morgan fingerprint density at radius 1 is 1.21 bits per heavy atom. The van der Waals surface area contributed by atoms with Crippen LogP contribution in [-0.4, -0.2) is 42.0 Å². The molecule has 1 aliphatic rings. The Labute approximate surface area is 116 Å². The standard InChI is InChI=1S/C14H14ClN3O/c15-11-3-1-10-2-4-12(17-13(10)9-11)14(19)18-7-5-16-6-8-18/h1-4,9,16H,5-8H2. The average molecular weight is 276 g/mol. The van der Waals surface area contributed by atoms with E-state index in [0.717, 1.165) is 37.1 Å². The van der Waals surface area contributed by atoms with Crippen LogP contribution in [0.25, 0.3) is 10.9 Å². The van der Waals surface area contributed by atoms with Crippen LogP contribution in [0.1, 0.15) is 10.5 Å². The van der Waals surface area contributed by atoms with E-state index in [-0.39, 0.29) is 5.91 Å². The summed E-state index contributed by atoms with van der Waals surface area (Å²) in [4.78, 5) is 18.6. The zero-order valence-corrected chi connectivity index (χ0v) is 11.2. The van der Waals surface area contributed by atoms with Crippen molar-refractivity contribution in [2.24, 2.45) is 0 Å². The van der Waals surface area contributed by atoms with Crippen molar-refractivity contribution in [2.45, 2.75) is 0 Å². The lowest BCUT2D eigenvalue weighted by Gasteiger charge is -2.27. The van der Waals surface area contributed by atoms with E-state index >= 15 is 0 Å². The molecule has 1 aromatic heterocycles. The van der Waals surface area contributed by atoms with E-state index in [2.05, 4.69) is 10.3 Å². The molecule has 0 atom stereocenters. The van der Waals surface area contributed by atoms with E-state index in [1.807, 2.05) is 23.1 Å². The normalized spacial score (nSPS) is 15.7. The van der Waals surface area contributed by atoms with Gasteiger partial charge >= 0.3 is 0 Å². The number of halogens is 1. The van der Waals surface area contributed by atoms with Gasteiger partial charge in [0, 0.05) is 36.6 Å². The van der Waals surface area contributed by atoms with Crippen LogP contribution in [0, 0.1) is 0 Å². The lowest BCUT2D eigenvalue weighted by molar-refractivity contribution is 0.0730. The van der Waals surface area contributed by atoms with E-state index in [0.29, 0.717) is 10.7 Å². The number of carbonyl (C=O) groups excluding carboxylic acids is 1. The third kappa shape index (κ3) is 2.55. The summed E-state index contributed by atoms with van der Waals surface area (Å²) in [6, 6.07) is 9.20. The molecule has 2 heterocycles. The quantitative estimate of drug-likeness (QED) is 0.865. The molecule has 3 rings (SSSR count). The summed E-state index contributed by atoms with van der Waals surface area (Å²) in [5, 5.41) is 4.84. The van der Waals surface area contributed by atoms with Crippen LogP contribution in [0.4, 0.5) is 0 Å². The number of carbonyl (C=O) groups is 1. The molecule has 19 heavy (non-hydrogen) atoms. The van der Waals surface area contributed by atoms with Crippen molar-refractivity contribution in [2.75, 3.05) is 26.2 Å². The van der Waals surface area contributed by atoms with Gasteiger partial charge in [0.25, 0.3) is 5.91 Å². The van der Waals surface area contributed by atoms with Crippen molar-refractivity contribution in [3.05, 3.63) is 41.0 Å². The highest BCUT2D eigenvalue weighted by Gasteiger charge is 2.19. The molecule has 0 saturated carbocycles. The van der Waals surface area contributed by atoms with Gasteiger partial charge in [-0.25, -0.2) is 4.98 Å². The lowest BCUT2D eigenvalue weighted by atomic mass is 10.2. The molecule has 2 aromatic rings. The topological polar surface area (TPSA) is 45.2 Å². The lowest BCUT2D eigenvalue weighted by Crippen LogP contribution is -2.46. The number of fused-ring (bicyclic) bond motifs is 1. The van der Waals surface area contributed by atoms with Gasteiger partial charge in [0.2, 0.25) is 0 Å². The van der Waals surface area contributed by atoms with Gasteiger partial charge in [0.1, 0.15) is 5.69 Å². The van der Waals surface area contributed by atoms with Crippen molar-refractivity contribution in [1.82, 2.24) is 15.2 Å². The summed E-state index contributed by atoms with van der Waals surface area (Å²) in [7, 11) is 0. The molecule has 98 valence electrons. The van der Waals surface area contributed by atoms with Crippen LogP contribution in [0.5, 0.6) is 0 Å². The summed E-state index contributed by atoms with van der Waals surface area (Å²) >= 11 is 5.96. The number of rotatable bonds is 1. The first-order valence-corrected chi connectivity index (χ1v) is 6.68. The van der Waals surface area contributed by atoms with Crippen LogP contribution in [0.3, 0.4) is 0 Å². The predicted molar refractivity (Wildman–Crippen MR) is 75.5 cm³/mol. The van der Waals surface area contributed by atoms with Crippen LogP contribution < -0.4 is 5.32 Å². The highest BCUT2D eigenvalue weighted by Crippen LogP contribution is 2.18. The summed E-state index contributed by atoms with van der Waals surface area (Å²) in [5.74, 6) is -0.0108. The molecule has 5 heteroatoms. The van der Waals surface area contributed by atoms with Crippen molar-refractivity contribution in [1.29, 1.82) is 0 Å². The van der Waals surface area contributed by atoms with Gasteiger partial charge in [-0.1, -0.05) is 23.7 Å². The van der Waals surface area contributed by atoms with Crippen LogP contribution in [0.15, 0.2) is 30.3 Å². The second-order valence-corrected chi connectivity index (χ2v) is 5.01. The van der Waals surface area contributed by atoms with E-state index in [9.17, 15) is 4.79 Å². The van der Waals surface area contributed by atoms with Crippen LogP contribution in [0.2, 0.25) is 5.02 Å². The number of hydrogen-bond acceptors (Lipinski definition) is 3. The maximum atomic E-state index is 12.3. The first kappa shape index (κ1) is 12.4. The zero-order valence-electron chi connectivity index (χ0n) is 10.4. The van der Waals surface area contributed by atoms with Gasteiger partial charge in [-0.3, -0.25) is 4.79 Å². The fourth-order valence-electron chi connectivity index (χ4n) is 2.24. The molecule has 1 fully saturated rings. The second kappa shape index (κ2) is 5.15. The number of piperazine rings is 1. The van der Waals surface area contributed by atoms with E-state index in [1.165, 1.54) is 0 Å². The smallest absolute Gasteiger partial charge is 0.272 e. The largest absolute Gasteiger partial charge is 0.335 e. The third-order valence-corrected chi connectivity index (χ3v) is 3.51. The first-order valence-electron chi connectivity index (χ1n) is 6.30. The van der Waals surface area contributed by atoms with Crippen molar-refractivity contribution >= 4 is 28.4 Å². The zero-order chi connectivity index (χ0) is 13.2. The molecule has 1 amide bonds. The van der Waals surface area contributed by atoms with E-state index in [4.69, 9.17) is 11.6 Å². The van der Waals surface area contributed by atoms with E-state index in [1.54, 1.807) is 12.1 Å². The number of benzene rings is 1. The molecule has 1 saturated heterocycles. The minimum absolute atomic E-state index is 0.0108. The Balaban J connectivity index is 1.93. The van der Waals surface area contributed by atoms with Crippen LogP contribution in [-0.2, 0) is 0 Å². The molecule has 0 radical (unpaired) electrons. The first-order chi connectivity index (χ1) is 9.24. The predicted octanol–water partition coefficient (Wildman–Crippen LogP) is 1.93. The number of nitrogens with zero attached hydrogens (tertiary/aromatic N) is 2. The highest BCUT2D eigenvalue weighted by atomic mass is 35.5. The van der Waals surface area contributed by atoms with Gasteiger partial charge in [0.15, 0.2) is 0 Å². The van der Waals surface area contributed by atoms with Gasteiger partial charge in [-0.05, 0) is 18.2 Å². The van der Waals surface area contributed by atoms with E-state index < -0.39 is 0 Å². The van der Waals surface area contributed by atoms with Crippen LogP contribution >= 0.6 is 11.6 Å². The van der Waals surface area contributed by atoms with Gasteiger partial charge in [-0.2, -0.15) is 0 Å². The van der Waals surface area contributed by atoms with Gasteiger partial charge < -0.3 is 10.2 Å². The third-order valence-electron chi connectivity index (χ3n) is 3.28. The maximum absolute atomic E-state index is 12.3. The Hall–Kier alpha value is -1.65. The number of aromatic nitrogens is 1.